The Morgan fingerprint density at radius 1 is 1.10 bits per heavy atom. The van der Waals surface area contributed by atoms with Gasteiger partial charge in [0.25, 0.3) is 15.9 Å². The fourth-order valence-electron chi connectivity index (χ4n) is 3.13. The van der Waals surface area contributed by atoms with Crippen LogP contribution in [0.15, 0.2) is 57.8 Å². The lowest BCUT2D eigenvalue weighted by Gasteiger charge is -2.26. The second kappa shape index (κ2) is 7.58. The van der Waals surface area contributed by atoms with E-state index in [1.165, 1.54) is 24.3 Å². The Bertz CT molecular complexity index is 1220. The number of carbonyl (C=O) groups excluding carboxylic acids is 1. The first kappa shape index (κ1) is 19.0. The highest BCUT2D eigenvalue weighted by Gasteiger charge is 2.29. The molecule has 1 aliphatic rings. The Labute approximate surface area is 167 Å². The van der Waals surface area contributed by atoms with Gasteiger partial charge in [0.2, 0.25) is 5.76 Å². The summed E-state index contributed by atoms with van der Waals surface area (Å²) in [5.74, 6) is -0.485. The Kier molecular flexibility index (Phi) is 4.96. The quantitative estimate of drug-likeness (QED) is 0.706. The predicted molar refractivity (Wildman–Crippen MR) is 105 cm³/mol. The highest BCUT2D eigenvalue weighted by Crippen LogP contribution is 2.33. The van der Waals surface area contributed by atoms with Crippen LogP contribution in [-0.4, -0.2) is 45.5 Å². The van der Waals surface area contributed by atoms with Gasteiger partial charge in [-0.2, -0.15) is 5.26 Å². The van der Waals surface area contributed by atoms with E-state index in [0.717, 1.165) is 0 Å². The average Bonchev–Trinajstić information content (AvgIpc) is 3.11. The molecule has 1 amide bonds. The highest BCUT2D eigenvalue weighted by molar-refractivity contribution is 7.92. The molecule has 0 aliphatic carbocycles. The van der Waals surface area contributed by atoms with Gasteiger partial charge in [-0.05, 0) is 30.3 Å². The van der Waals surface area contributed by atoms with Crippen molar-refractivity contribution in [1.82, 2.24) is 4.90 Å². The largest absolute Gasteiger partial charge is 0.449 e. The molecule has 0 bridgehead atoms. The first-order valence-electron chi connectivity index (χ1n) is 8.91. The third kappa shape index (κ3) is 3.68. The minimum absolute atomic E-state index is 0.0758. The first-order chi connectivity index (χ1) is 14.0. The van der Waals surface area contributed by atoms with Crippen LogP contribution >= 0.6 is 0 Å². The van der Waals surface area contributed by atoms with Crippen molar-refractivity contribution in [3.8, 4) is 6.07 Å². The van der Waals surface area contributed by atoms with Crippen LogP contribution in [0, 0.1) is 11.3 Å². The summed E-state index contributed by atoms with van der Waals surface area (Å²) in [6.45, 7) is 1.61. The molecular weight excluding hydrogens is 394 g/mol. The van der Waals surface area contributed by atoms with Crippen molar-refractivity contribution in [1.29, 1.82) is 5.26 Å². The fraction of sp³-hybridized carbons (Fsp3) is 0.200. The molecule has 1 aliphatic heterocycles. The number of nitrogens with one attached hydrogen (secondary N) is 1. The van der Waals surface area contributed by atoms with Gasteiger partial charge >= 0.3 is 0 Å². The molecule has 1 N–H and O–H groups in total. The van der Waals surface area contributed by atoms with Crippen molar-refractivity contribution < 1.29 is 22.4 Å². The third-order valence-corrected chi connectivity index (χ3v) is 5.95. The van der Waals surface area contributed by atoms with Crippen LogP contribution in [0.1, 0.15) is 16.1 Å². The van der Waals surface area contributed by atoms with Crippen LogP contribution in [0.5, 0.6) is 0 Å². The fourth-order valence-corrected chi connectivity index (χ4v) is 4.26. The molecule has 0 atom stereocenters. The molecule has 0 radical (unpaired) electrons. The van der Waals surface area contributed by atoms with E-state index in [1.807, 2.05) is 6.07 Å². The minimum atomic E-state index is -4.05. The monoisotopic (exact) mass is 411 g/mol. The van der Waals surface area contributed by atoms with Gasteiger partial charge in [0.05, 0.1) is 29.7 Å². The number of nitriles is 1. The topological polar surface area (TPSA) is 113 Å². The predicted octanol–water partition coefficient (Wildman–Crippen LogP) is 2.58. The zero-order valence-corrected chi connectivity index (χ0v) is 16.1. The van der Waals surface area contributed by atoms with Crippen molar-refractivity contribution in [2.75, 3.05) is 31.0 Å². The van der Waals surface area contributed by atoms with E-state index >= 15 is 0 Å². The number of rotatable bonds is 4. The van der Waals surface area contributed by atoms with E-state index in [-0.39, 0.29) is 21.9 Å². The molecular formula is C20H17N3O5S. The molecule has 1 saturated heterocycles. The maximum absolute atomic E-state index is 13.0. The number of furan rings is 1. The second-order valence-corrected chi connectivity index (χ2v) is 8.13. The van der Waals surface area contributed by atoms with E-state index in [1.54, 1.807) is 29.2 Å². The summed E-state index contributed by atoms with van der Waals surface area (Å²) in [7, 11) is -4.05. The second-order valence-electron chi connectivity index (χ2n) is 6.45. The lowest BCUT2D eigenvalue weighted by molar-refractivity contribution is 0.0285. The summed E-state index contributed by atoms with van der Waals surface area (Å²) in [6.07, 6.45) is 0. The molecule has 1 aromatic heterocycles. The zero-order valence-electron chi connectivity index (χ0n) is 15.3. The number of hydrogen-bond donors (Lipinski definition) is 1. The van der Waals surface area contributed by atoms with Crippen molar-refractivity contribution >= 4 is 32.6 Å². The minimum Gasteiger partial charge on any atom is -0.449 e. The normalized spacial score (nSPS) is 14.5. The average molecular weight is 411 g/mol. The van der Waals surface area contributed by atoms with Crippen LogP contribution in [0.3, 0.4) is 0 Å². The third-order valence-electron chi connectivity index (χ3n) is 4.60. The van der Waals surface area contributed by atoms with Gasteiger partial charge in [-0.15, -0.1) is 0 Å². The molecule has 0 unspecified atom stereocenters. The number of sulfonamides is 1. The van der Waals surface area contributed by atoms with Gasteiger partial charge in [0, 0.05) is 18.5 Å². The number of para-hydroxylation sites is 1. The Hall–Kier alpha value is -3.35. The molecule has 2 aromatic carbocycles. The van der Waals surface area contributed by atoms with E-state index in [9.17, 15) is 13.2 Å². The lowest BCUT2D eigenvalue weighted by atomic mass is 10.2. The lowest BCUT2D eigenvalue weighted by Crippen LogP contribution is -2.40. The molecule has 2 heterocycles. The number of anilines is 1. The Morgan fingerprint density at radius 3 is 2.62 bits per heavy atom. The van der Waals surface area contributed by atoms with Crippen molar-refractivity contribution in [3.63, 3.8) is 0 Å². The number of hydrogen-bond acceptors (Lipinski definition) is 6. The Morgan fingerprint density at radius 2 is 1.86 bits per heavy atom. The first-order valence-corrected chi connectivity index (χ1v) is 10.4. The van der Waals surface area contributed by atoms with Crippen LogP contribution in [0.4, 0.5) is 5.69 Å². The van der Waals surface area contributed by atoms with Crippen LogP contribution < -0.4 is 4.72 Å². The number of ether oxygens (including phenoxy) is 1. The smallest absolute Gasteiger partial charge is 0.291 e. The van der Waals surface area contributed by atoms with Crippen LogP contribution in [0.2, 0.25) is 0 Å². The van der Waals surface area contributed by atoms with E-state index in [2.05, 4.69) is 4.72 Å². The maximum Gasteiger partial charge on any atom is 0.291 e. The van der Waals surface area contributed by atoms with Crippen LogP contribution in [0.25, 0.3) is 11.0 Å². The zero-order chi connectivity index (χ0) is 20.4. The van der Waals surface area contributed by atoms with Gasteiger partial charge in [0.15, 0.2) is 0 Å². The number of fused-ring (bicyclic) bond motifs is 1. The summed E-state index contributed by atoms with van der Waals surface area (Å²) in [4.78, 5) is 14.5. The maximum atomic E-state index is 13.0. The van der Waals surface area contributed by atoms with Crippen molar-refractivity contribution in [2.24, 2.45) is 0 Å². The molecule has 0 spiro atoms. The number of carbonyl (C=O) groups is 1. The SMILES string of the molecule is N#Cc1cccc(S(=O)(=O)Nc2c(C(=O)N3CCOCC3)oc3ccccc23)c1. The van der Waals surface area contributed by atoms with Gasteiger partial charge < -0.3 is 14.1 Å². The molecule has 4 rings (SSSR count). The molecule has 8 nitrogen and oxygen atoms in total. The van der Waals surface area contributed by atoms with Crippen molar-refractivity contribution in [2.45, 2.75) is 4.90 Å². The van der Waals surface area contributed by atoms with Crippen molar-refractivity contribution in [3.05, 3.63) is 59.9 Å². The van der Waals surface area contributed by atoms with Crippen LogP contribution in [-0.2, 0) is 14.8 Å². The molecule has 0 saturated carbocycles. The number of benzene rings is 2. The van der Waals surface area contributed by atoms with Gasteiger partial charge in [-0.3, -0.25) is 9.52 Å². The number of morpholine rings is 1. The molecule has 148 valence electrons. The molecule has 1 fully saturated rings. The van der Waals surface area contributed by atoms with Gasteiger partial charge in [0.1, 0.15) is 11.3 Å². The standard InChI is InChI=1S/C20H17N3O5S/c21-13-14-4-3-5-15(12-14)29(25,26)22-18-16-6-1-2-7-17(16)28-19(18)20(24)23-8-10-27-11-9-23/h1-7,12,22H,8-11H2. The molecule has 3 aromatic rings. The number of amides is 1. The summed E-state index contributed by atoms with van der Waals surface area (Å²) >= 11 is 0. The molecule has 9 heteroatoms. The van der Waals surface area contributed by atoms with E-state index < -0.39 is 15.9 Å². The summed E-state index contributed by atoms with van der Waals surface area (Å²) in [6, 6.07) is 14.4. The highest BCUT2D eigenvalue weighted by atomic mass is 32.2. The van der Waals surface area contributed by atoms with Gasteiger partial charge in [-0.1, -0.05) is 18.2 Å². The Balaban J connectivity index is 1.78. The summed E-state index contributed by atoms with van der Waals surface area (Å²) in [5.41, 5.74) is 0.696. The summed E-state index contributed by atoms with van der Waals surface area (Å²) in [5, 5.41) is 9.52. The van der Waals surface area contributed by atoms with Gasteiger partial charge in [-0.25, -0.2) is 8.42 Å². The van der Waals surface area contributed by atoms with E-state index in [4.69, 9.17) is 14.4 Å². The summed E-state index contributed by atoms with van der Waals surface area (Å²) < 4.78 is 39.4. The molecule has 29 heavy (non-hydrogen) atoms. The van der Waals surface area contributed by atoms with E-state index in [0.29, 0.717) is 37.3 Å². The number of nitrogens with zero attached hydrogens (tertiary/aromatic N) is 2.